The van der Waals surface area contributed by atoms with E-state index < -0.39 is 34.5 Å². The van der Waals surface area contributed by atoms with E-state index in [0.717, 1.165) is 15.4 Å². The highest BCUT2D eigenvalue weighted by atomic mass is 32.2. The van der Waals surface area contributed by atoms with Gasteiger partial charge >= 0.3 is 0 Å². The number of nitrogens with zero attached hydrogens (tertiary/aromatic N) is 1. The van der Waals surface area contributed by atoms with E-state index in [1.165, 1.54) is 31.2 Å². The Morgan fingerprint density at radius 1 is 0.950 bits per heavy atom. The van der Waals surface area contributed by atoms with Crippen LogP contribution in [0.4, 0.5) is 5.69 Å². The lowest BCUT2D eigenvalue weighted by Gasteiger charge is -2.31. The third kappa shape index (κ3) is 8.38. The molecule has 9 nitrogen and oxygen atoms in total. The van der Waals surface area contributed by atoms with Crippen molar-refractivity contribution < 1.29 is 23.1 Å². The molecule has 3 aromatic rings. The van der Waals surface area contributed by atoms with Crippen LogP contribution in [0.5, 0.6) is 0 Å². The first-order valence-electron chi connectivity index (χ1n) is 13.1. The Balaban J connectivity index is 1.66. The Morgan fingerprint density at radius 2 is 1.50 bits per heavy atom. The van der Waals surface area contributed by atoms with Gasteiger partial charge in [0.05, 0.1) is 17.9 Å². The predicted molar refractivity (Wildman–Crippen MR) is 155 cm³/mol. The Bertz CT molecular complexity index is 1300. The molecule has 0 saturated carbocycles. The van der Waals surface area contributed by atoms with Gasteiger partial charge in [0, 0.05) is 36.7 Å². The van der Waals surface area contributed by atoms with Crippen LogP contribution in [0.25, 0.3) is 0 Å². The number of rotatable bonds is 15. The molecule has 0 aliphatic carbocycles. The van der Waals surface area contributed by atoms with Crippen molar-refractivity contribution >= 4 is 27.5 Å². The number of primary amides is 1. The van der Waals surface area contributed by atoms with Crippen molar-refractivity contribution in [3.63, 3.8) is 0 Å². The minimum atomic E-state index is -4.07. The molecular weight excluding hydrogens is 528 g/mol. The molecule has 1 radical (unpaired) electrons. The van der Waals surface area contributed by atoms with Crippen LogP contribution in [0.2, 0.25) is 0 Å². The second-order valence-electron chi connectivity index (χ2n) is 9.68. The van der Waals surface area contributed by atoms with Crippen LogP contribution in [0.3, 0.4) is 0 Å². The summed E-state index contributed by atoms with van der Waals surface area (Å²) in [7, 11) is -4.07. The van der Waals surface area contributed by atoms with E-state index in [-0.39, 0.29) is 36.2 Å². The van der Waals surface area contributed by atoms with Gasteiger partial charge in [0.25, 0.3) is 0 Å². The van der Waals surface area contributed by atoms with Crippen molar-refractivity contribution in [2.45, 2.75) is 36.6 Å². The summed E-state index contributed by atoms with van der Waals surface area (Å²) >= 11 is 0. The summed E-state index contributed by atoms with van der Waals surface area (Å²) in [5.74, 6) is -1.92. The molecule has 0 aliphatic heterocycles. The van der Waals surface area contributed by atoms with E-state index in [2.05, 4.69) is 5.32 Å². The number of carbonyl (C=O) groups is 2. The minimum absolute atomic E-state index is 0.00686. The van der Waals surface area contributed by atoms with Crippen molar-refractivity contribution in [2.24, 2.45) is 11.7 Å². The number of anilines is 1. The number of amides is 2. The van der Waals surface area contributed by atoms with E-state index in [0.29, 0.717) is 12.1 Å². The number of nitrogen functional groups attached to an aromatic ring is 1. The summed E-state index contributed by atoms with van der Waals surface area (Å²) in [6.07, 6.45) is 2.27. The van der Waals surface area contributed by atoms with Crippen molar-refractivity contribution in [2.75, 3.05) is 25.4 Å². The van der Waals surface area contributed by atoms with E-state index in [4.69, 9.17) is 11.5 Å². The molecule has 6 N–H and O–H groups in total. The number of benzene rings is 3. The molecule has 3 rings (SSSR count). The van der Waals surface area contributed by atoms with Crippen LogP contribution in [0, 0.1) is 12.3 Å². The van der Waals surface area contributed by atoms with Gasteiger partial charge in [0.15, 0.2) is 0 Å². The minimum Gasteiger partial charge on any atom is -0.399 e. The summed E-state index contributed by atoms with van der Waals surface area (Å²) in [4.78, 5) is 24.6. The SMILES string of the molecule is CC(CN(C(CO)CCCNC(=O)[CH]C(c1ccccc1)c1ccccc1)S(=O)(=O)c1ccc(N)cc1)C(N)=O. The fraction of sp³-hybridized carbons (Fsp3) is 0.300. The van der Waals surface area contributed by atoms with Crippen molar-refractivity contribution in [1.29, 1.82) is 0 Å². The maximum Gasteiger partial charge on any atom is 0.243 e. The van der Waals surface area contributed by atoms with Crippen LogP contribution < -0.4 is 16.8 Å². The van der Waals surface area contributed by atoms with Crippen LogP contribution >= 0.6 is 0 Å². The van der Waals surface area contributed by atoms with Gasteiger partial charge in [0.2, 0.25) is 21.8 Å². The van der Waals surface area contributed by atoms with E-state index >= 15 is 0 Å². The van der Waals surface area contributed by atoms with Crippen LogP contribution in [-0.4, -0.2) is 55.4 Å². The first kappa shape index (κ1) is 30.8. The Morgan fingerprint density at radius 3 is 2.00 bits per heavy atom. The Kier molecular flexibility index (Phi) is 11.2. The first-order valence-corrected chi connectivity index (χ1v) is 14.6. The van der Waals surface area contributed by atoms with E-state index in [1.807, 2.05) is 60.7 Å². The molecule has 3 aromatic carbocycles. The van der Waals surface area contributed by atoms with Gasteiger partial charge in [-0.3, -0.25) is 9.59 Å². The number of nitrogens with one attached hydrogen (secondary N) is 1. The Labute approximate surface area is 236 Å². The van der Waals surface area contributed by atoms with Crippen LogP contribution in [0.15, 0.2) is 89.8 Å². The van der Waals surface area contributed by atoms with Crippen LogP contribution in [0.1, 0.15) is 36.8 Å². The average molecular weight is 566 g/mol. The van der Waals surface area contributed by atoms with Crippen molar-refractivity contribution in [3.05, 3.63) is 102 Å². The monoisotopic (exact) mass is 565 g/mol. The Hall–Kier alpha value is -3.73. The van der Waals surface area contributed by atoms with Gasteiger partial charge in [-0.2, -0.15) is 4.31 Å². The fourth-order valence-corrected chi connectivity index (χ4v) is 6.11. The topological polar surface area (TPSA) is 156 Å². The van der Waals surface area contributed by atoms with Gasteiger partial charge < -0.3 is 21.9 Å². The highest BCUT2D eigenvalue weighted by Gasteiger charge is 2.33. The summed E-state index contributed by atoms with van der Waals surface area (Å²) in [6, 6.07) is 24.3. The lowest BCUT2D eigenvalue weighted by Crippen LogP contribution is -2.46. The zero-order valence-electron chi connectivity index (χ0n) is 22.5. The fourth-order valence-electron chi connectivity index (χ4n) is 4.37. The molecule has 0 saturated heterocycles. The number of aliphatic hydroxyl groups excluding tert-OH is 1. The predicted octanol–water partition coefficient (Wildman–Crippen LogP) is 2.67. The number of aliphatic hydroxyl groups is 1. The largest absolute Gasteiger partial charge is 0.399 e. The first-order chi connectivity index (χ1) is 19.1. The summed E-state index contributed by atoms with van der Waals surface area (Å²) in [6.45, 7) is 1.14. The third-order valence-electron chi connectivity index (χ3n) is 6.69. The quantitative estimate of drug-likeness (QED) is 0.164. The molecule has 0 aliphatic rings. The van der Waals surface area contributed by atoms with Crippen LogP contribution in [-0.2, 0) is 19.6 Å². The molecule has 213 valence electrons. The maximum atomic E-state index is 13.5. The highest BCUT2D eigenvalue weighted by Crippen LogP contribution is 2.27. The molecule has 2 unspecified atom stereocenters. The molecule has 0 heterocycles. The van der Waals surface area contributed by atoms with Gasteiger partial charge in [-0.25, -0.2) is 8.42 Å². The molecule has 0 aromatic heterocycles. The second kappa shape index (κ2) is 14.6. The molecule has 2 amide bonds. The number of hydrogen-bond donors (Lipinski definition) is 4. The summed E-state index contributed by atoms with van der Waals surface area (Å²) < 4.78 is 28.1. The molecule has 0 bridgehead atoms. The smallest absolute Gasteiger partial charge is 0.243 e. The number of hydrogen-bond acceptors (Lipinski definition) is 6. The number of sulfonamides is 1. The summed E-state index contributed by atoms with van der Waals surface area (Å²) in [5.41, 5.74) is 13.5. The van der Waals surface area contributed by atoms with Gasteiger partial charge in [-0.1, -0.05) is 67.6 Å². The summed E-state index contributed by atoms with van der Waals surface area (Å²) in [5, 5.41) is 13.0. The number of nitrogens with two attached hydrogens (primary N) is 2. The van der Waals surface area contributed by atoms with Crippen molar-refractivity contribution in [1.82, 2.24) is 9.62 Å². The zero-order chi connectivity index (χ0) is 29.1. The number of carbonyl (C=O) groups excluding carboxylic acids is 2. The normalized spacial score (nSPS) is 13.2. The van der Waals surface area contributed by atoms with Gasteiger partial charge in [-0.15, -0.1) is 0 Å². The lowest BCUT2D eigenvalue weighted by atomic mass is 9.88. The van der Waals surface area contributed by atoms with Crippen molar-refractivity contribution in [3.8, 4) is 0 Å². The molecular formula is C30H37N4O5S. The molecule has 0 fully saturated rings. The molecule has 2 atom stereocenters. The highest BCUT2D eigenvalue weighted by molar-refractivity contribution is 7.89. The lowest BCUT2D eigenvalue weighted by molar-refractivity contribution is -0.121. The van der Waals surface area contributed by atoms with Gasteiger partial charge in [-0.05, 0) is 48.2 Å². The third-order valence-corrected chi connectivity index (χ3v) is 8.63. The second-order valence-corrected chi connectivity index (χ2v) is 11.6. The van der Waals surface area contributed by atoms with E-state index in [1.54, 1.807) is 6.42 Å². The standard InChI is InChI=1S/C30H37N4O5S/c1-22(30(32)37)20-34(40(38,39)27-16-14-25(31)15-17-27)26(21-35)13-8-18-33-29(36)19-28(23-9-4-2-5-10-23)24-11-6-3-7-12-24/h2-7,9-12,14-17,19,22,26,28,35H,8,13,18,20-21,31H2,1H3,(H2,32,37)(H,33,36). The molecule has 0 spiro atoms. The molecule has 40 heavy (non-hydrogen) atoms. The maximum absolute atomic E-state index is 13.5. The molecule has 10 heteroatoms. The van der Waals surface area contributed by atoms with E-state index in [9.17, 15) is 23.1 Å². The van der Waals surface area contributed by atoms with Gasteiger partial charge in [0.1, 0.15) is 0 Å². The zero-order valence-corrected chi connectivity index (χ0v) is 23.3. The average Bonchev–Trinajstić information content (AvgIpc) is 2.96.